The van der Waals surface area contributed by atoms with Gasteiger partial charge in [0.05, 0.1) is 10.6 Å². The van der Waals surface area contributed by atoms with Crippen molar-refractivity contribution in [3.8, 4) is 0 Å². The van der Waals surface area contributed by atoms with Crippen LogP contribution < -0.4 is 10.6 Å². The van der Waals surface area contributed by atoms with Gasteiger partial charge in [-0.05, 0) is 47.4 Å². The van der Waals surface area contributed by atoms with Gasteiger partial charge in [0.1, 0.15) is 5.82 Å². The van der Waals surface area contributed by atoms with Gasteiger partial charge in [-0.3, -0.25) is 4.79 Å². The Balaban J connectivity index is 2.10. The van der Waals surface area contributed by atoms with E-state index in [0.717, 1.165) is 32.0 Å². The standard InChI is InChI=1S/C12H13BrClFN2O/c13-9-4-8(11(15)5-10(9)14)12(18)17-7-2-1-3-16-6-7/h4-5,7,16H,1-3,6H2,(H,17,18)/t7-/m1/s1. The summed E-state index contributed by atoms with van der Waals surface area (Å²) in [5, 5.41) is 6.26. The van der Waals surface area contributed by atoms with E-state index in [4.69, 9.17) is 11.6 Å². The maximum absolute atomic E-state index is 13.7. The highest BCUT2D eigenvalue weighted by Gasteiger charge is 2.19. The van der Waals surface area contributed by atoms with E-state index >= 15 is 0 Å². The first-order chi connectivity index (χ1) is 8.58. The summed E-state index contributed by atoms with van der Waals surface area (Å²) in [6.45, 7) is 1.69. The molecule has 1 saturated heterocycles. The monoisotopic (exact) mass is 334 g/mol. The zero-order valence-electron chi connectivity index (χ0n) is 9.60. The molecule has 0 radical (unpaired) electrons. The lowest BCUT2D eigenvalue weighted by Gasteiger charge is -2.23. The Hall–Kier alpha value is -0.650. The van der Waals surface area contributed by atoms with Crippen LogP contribution in [-0.2, 0) is 0 Å². The highest BCUT2D eigenvalue weighted by atomic mass is 79.9. The first-order valence-corrected chi connectivity index (χ1v) is 6.91. The summed E-state index contributed by atoms with van der Waals surface area (Å²) in [5.74, 6) is -1.01. The normalized spacial score (nSPS) is 19.6. The summed E-state index contributed by atoms with van der Waals surface area (Å²) >= 11 is 8.94. The molecule has 0 aromatic heterocycles. The summed E-state index contributed by atoms with van der Waals surface area (Å²) < 4.78 is 14.2. The van der Waals surface area contributed by atoms with Crippen molar-refractivity contribution in [1.82, 2.24) is 10.6 Å². The average Bonchev–Trinajstić information content (AvgIpc) is 2.35. The molecule has 1 fully saturated rings. The minimum absolute atomic E-state index is 0.0110. The lowest BCUT2D eigenvalue weighted by molar-refractivity contribution is 0.0926. The molecule has 1 heterocycles. The van der Waals surface area contributed by atoms with Gasteiger partial charge in [-0.2, -0.15) is 0 Å². The van der Waals surface area contributed by atoms with Crippen LogP contribution in [0, 0.1) is 5.82 Å². The lowest BCUT2D eigenvalue weighted by atomic mass is 10.1. The Bertz CT molecular complexity index is 464. The van der Waals surface area contributed by atoms with E-state index in [9.17, 15) is 9.18 Å². The van der Waals surface area contributed by atoms with Gasteiger partial charge in [-0.1, -0.05) is 11.6 Å². The molecule has 98 valence electrons. The first-order valence-electron chi connectivity index (χ1n) is 5.74. The number of halogens is 3. The zero-order chi connectivity index (χ0) is 13.1. The summed E-state index contributed by atoms with van der Waals surface area (Å²) in [7, 11) is 0. The van der Waals surface area contributed by atoms with Crippen molar-refractivity contribution in [2.24, 2.45) is 0 Å². The highest BCUT2D eigenvalue weighted by molar-refractivity contribution is 9.10. The van der Waals surface area contributed by atoms with Crippen LogP contribution in [0.15, 0.2) is 16.6 Å². The van der Waals surface area contributed by atoms with Crippen LogP contribution in [0.4, 0.5) is 4.39 Å². The third kappa shape index (κ3) is 3.22. The maximum atomic E-state index is 13.7. The summed E-state index contributed by atoms with van der Waals surface area (Å²) in [5.41, 5.74) is 0.0110. The Morgan fingerprint density at radius 1 is 1.56 bits per heavy atom. The molecule has 1 aromatic rings. The Morgan fingerprint density at radius 3 is 3.00 bits per heavy atom. The van der Waals surface area contributed by atoms with Crippen LogP contribution in [0.25, 0.3) is 0 Å². The van der Waals surface area contributed by atoms with Gasteiger partial charge in [0.25, 0.3) is 5.91 Å². The molecule has 1 aliphatic rings. The van der Waals surface area contributed by atoms with Gasteiger partial charge in [0.2, 0.25) is 0 Å². The molecular weight excluding hydrogens is 322 g/mol. The second-order valence-electron chi connectivity index (χ2n) is 4.26. The van der Waals surface area contributed by atoms with E-state index in [0.29, 0.717) is 4.47 Å². The largest absolute Gasteiger partial charge is 0.348 e. The molecular formula is C12H13BrClFN2O. The van der Waals surface area contributed by atoms with Crippen molar-refractivity contribution in [2.45, 2.75) is 18.9 Å². The molecule has 1 aromatic carbocycles. The number of amides is 1. The molecule has 0 unspecified atom stereocenters. The van der Waals surface area contributed by atoms with E-state index in [-0.39, 0.29) is 16.6 Å². The van der Waals surface area contributed by atoms with Crippen molar-refractivity contribution in [3.63, 3.8) is 0 Å². The number of piperidine rings is 1. The van der Waals surface area contributed by atoms with E-state index < -0.39 is 11.7 Å². The molecule has 18 heavy (non-hydrogen) atoms. The van der Waals surface area contributed by atoms with Crippen molar-refractivity contribution < 1.29 is 9.18 Å². The summed E-state index contributed by atoms with van der Waals surface area (Å²) in [4.78, 5) is 12.0. The Morgan fingerprint density at radius 2 is 2.33 bits per heavy atom. The van der Waals surface area contributed by atoms with Crippen molar-refractivity contribution >= 4 is 33.4 Å². The van der Waals surface area contributed by atoms with Crippen molar-refractivity contribution in [3.05, 3.63) is 33.0 Å². The minimum atomic E-state index is -0.607. The van der Waals surface area contributed by atoms with Gasteiger partial charge < -0.3 is 10.6 Å². The predicted octanol–water partition coefficient (Wildman–Crippen LogP) is 2.72. The first kappa shape index (κ1) is 13.8. The molecule has 1 amide bonds. The molecule has 1 aliphatic heterocycles. The molecule has 1 atom stereocenters. The van der Waals surface area contributed by atoms with Crippen LogP contribution in [-0.4, -0.2) is 25.0 Å². The fourth-order valence-corrected chi connectivity index (χ4v) is 2.43. The van der Waals surface area contributed by atoms with Crippen LogP contribution in [0.5, 0.6) is 0 Å². The number of benzene rings is 1. The molecule has 0 spiro atoms. The number of carbonyl (C=O) groups excluding carboxylic acids is 1. The van der Waals surface area contributed by atoms with Gasteiger partial charge in [0, 0.05) is 17.1 Å². The van der Waals surface area contributed by atoms with Crippen molar-refractivity contribution in [1.29, 1.82) is 0 Å². The second kappa shape index (κ2) is 5.99. The SMILES string of the molecule is O=C(N[C@@H]1CCCNC1)c1cc(Br)c(Cl)cc1F. The summed E-state index contributed by atoms with van der Waals surface area (Å²) in [6, 6.07) is 2.60. The van der Waals surface area contributed by atoms with Crippen LogP contribution in [0.1, 0.15) is 23.2 Å². The number of hydrogen-bond donors (Lipinski definition) is 2. The molecule has 0 saturated carbocycles. The highest BCUT2D eigenvalue weighted by Crippen LogP contribution is 2.25. The third-order valence-electron chi connectivity index (χ3n) is 2.89. The second-order valence-corrected chi connectivity index (χ2v) is 5.52. The number of nitrogens with one attached hydrogen (secondary N) is 2. The number of hydrogen-bond acceptors (Lipinski definition) is 2. The third-order valence-corrected chi connectivity index (χ3v) is 4.08. The topological polar surface area (TPSA) is 41.1 Å². The van der Waals surface area contributed by atoms with E-state index in [1.165, 1.54) is 6.07 Å². The van der Waals surface area contributed by atoms with Crippen molar-refractivity contribution in [2.75, 3.05) is 13.1 Å². The van der Waals surface area contributed by atoms with Crippen LogP contribution >= 0.6 is 27.5 Å². The Kier molecular flexibility index (Phi) is 4.59. The summed E-state index contributed by atoms with van der Waals surface area (Å²) in [6.07, 6.45) is 1.92. The van der Waals surface area contributed by atoms with Gasteiger partial charge in [-0.25, -0.2) is 4.39 Å². The van der Waals surface area contributed by atoms with E-state index in [2.05, 4.69) is 26.6 Å². The predicted molar refractivity (Wildman–Crippen MR) is 72.5 cm³/mol. The fraction of sp³-hybridized carbons (Fsp3) is 0.417. The molecule has 2 rings (SSSR count). The molecule has 0 aliphatic carbocycles. The Labute approximate surface area is 118 Å². The van der Waals surface area contributed by atoms with Gasteiger partial charge in [0.15, 0.2) is 0 Å². The van der Waals surface area contributed by atoms with E-state index in [1.54, 1.807) is 0 Å². The molecule has 2 N–H and O–H groups in total. The number of rotatable bonds is 2. The van der Waals surface area contributed by atoms with Gasteiger partial charge in [-0.15, -0.1) is 0 Å². The maximum Gasteiger partial charge on any atom is 0.254 e. The molecule has 0 bridgehead atoms. The van der Waals surface area contributed by atoms with Gasteiger partial charge >= 0.3 is 0 Å². The zero-order valence-corrected chi connectivity index (χ0v) is 11.9. The van der Waals surface area contributed by atoms with Crippen LogP contribution in [0.2, 0.25) is 5.02 Å². The quantitative estimate of drug-likeness (QED) is 0.816. The fourth-order valence-electron chi connectivity index (χ4n) is 1.93. The lowest BCUT2D eigenvalue weighted by Crippen LogP contribution is -2.45. The number of carbonyl (C=O) groups is 1. The average molecular weight is 336 g/mol. The van der Waals surface area contributed by atoms with Crippen LogP contribution in [0.3, 0.4) is 0 Å². The van der Waals surface area contributed by atoms with E-state index in [1.807, 2.05) is 0 Å². The minimum Gasteiger partial charge on any atom is -0.348 e. The molecule has 6 heteroatoms. The molecule has 3 nitrogen and oxygen atoms in total. The smallest absolute Gasteiger partial charge is 0.254 e.